The van der Waals surface area contributed by atoms with Crippen molar-refractivity contribution >= 4 is 11.9 Å². The SMILES string of the molecule is CCCCCC/C=C\CCCCCCCCC(=O)OC(CCCCCCCCC)CCCC(=O)O. The molecule has 1 unspecified atom stereocenters. The Hall–Kier alpha value is -1.32. The van der Waals surface area contributed by atoms with E-state index >= 15 is 0 Å². The summed E-state index contributed by atoms with van der Waals surface area (Å²) in [5, 5.41) is 8.91. The molecule has 0 spiro atoms. The Morgan fingerprint density at radius 1 is 0.600 bits per heavy atom. The second-order valence-electron chi connectivity index (χ2n) is 10.3. The van der Waals surface area contributed by atoms with Gasteiger partial charge >= 0.3 is 11.9 Å². The van der Waals surface area contributed by atoms with Gasteiger partial charge in [-0.1, -0.05) is 109 Å². The molecule has 0 fully saturated rings. The first-order chi connectivity index (χ1) is 17.1. The van der Waals surface area contributed by atoms with Gasteiger partial charge in [0, 0.05) is 12.8 Å². The minimum absolute atomic E-state index is 0.0997. The Bertz CT molecular complexity index is 500. The van der Waals surface area contributed by atoms with Crippen LogP contribution in [0.2, 0.25) is 0 Å². The van der Waals surface area contributed by atoms with E-state index in [1.54, 1.807) is 0 Å². The molecule has 0 aromatic heterocycles. The molecule has 0 aliphatic carbocycles. The molecular formula is C31H58O4. The van der Waals surface area contributed by atoms with Gasteiger partial charge in [-0.2, -0.15) is 0 Å². The Morgan fingerprint density at radius 2 is 1.06 bits per heavy atom. The zero-order chi connectivity index (χ0) is 25.8. The number of ether oxygens (including phenoxy) is 1. The average molecular weight is 495 g/mol. The summed E-state index contributed by atoms with van der Waals surface area (Å²) in [6, 6.07) is 0. The summed E-state index contributed by atoms with van der Waals surface area (Å²) >= 11 is 0. The van der Waals surface area contributed by atoms with E-state index in [2.05, 4.69) is 26.0 Å². The fraction of sp³-hybridized carbons (Fsp3) is 0.871. The van der Waals surface area contributed by atoms with E-state index in [1.165, 1.54) is 103 Å². The fourth-order valence-electron chi connectivity index (χ4n) is 4.48. The smallest absolute Gasteiger partial charge is 0.306 e. The summed E-state index contributed by atoms with van der Waals surface area (Å²) in [7, 11) is 0. The highest BCUT2D eigenvalue weighted by Crippen LogP contribution is 2.17. The highest BCUT2D eigenvalue weighted by molar-refractivity contribution is 5.69. The second-order valence-corrected chi connectivity index (χ2v) is 10.3. The number of carboxylic acids is 1. The van der Waals surface area contributed by atoms with Crippen molar-refractivity contribution in [3.8, 4) is 0 Å². The van der Waals surface area contributed by atoms with E-state index in [4.69, 9.17) is 9.84 Å². The molecule has 0 rings (SSSR count). The van der Waals surface area contributed by atoms with Crippen LogP contribution in [0.5, 0.6) is 0 Å². The van der Waals surface area contributed by atoms with Gasteiger partial charge in [0.15, 0.2) is 0 Å². The summed E-state index contributed by atoms with van der Waals surface area (Å²) in [5.41, 5.74) is 0. The molecule has 0 aliphatic heterocycles. The molecule has 0 amide bonds. The summed E-state index contributed by atoms with van der Waals surface area (Å²) in [6.45, 7) is 4.48. The number of allylic oxidation sites excluding steroid dienone is 2. The lowest BCUT2D eigenvalue weighted by Gasteiger charge is -2.18. The molecule has 206 valence electrons. The first-order valence-corrected chi connectivity index (χ1v) is 15.2. The summed E-state index contributed by atoms with van der Waals surface area (Å²) in [6.07, 6.45) is 30.7. The van der Waals surface area contributed by atoms with Crippen LogP contribution in [-0.4, -0.2) is 23.1 Å². The summed E-state index contributed by atoms with van der Waals surface area (Å²) in [5.74, 6) is -0.873. The highest BCUT2D eigenvalue weighted by atomic mass is 16.5. The van der Waals surface area contributed by atoms with Crippen molar-refractivity contribution in [1.29, 1.82) is 0 Å². The van der Waals surface area contributed by atoms with Crippen LogP contribution in [-0.2, 0) is 14.3 Å². The fourth-order valence-corrected chi connectivity index (χ4v) is 4.48. The number of esters is 1. The molecule has 0 bridgehead atoms. The molecule has 0 aliphatic rings. The third kappa shape index (κ3) is 27.1. The predicted molar refractivity (Wildman–Crippen MR) is 149 cm³/mol. The number of carbonyl (C=O) groups is 2. The molecule has 35 heavy (non-hydrogen) atoms. The molecule has 0 heterocycles. The van der Waals surface area contributed by atoms with E-state index in [0.717, 1.165) is 25.7 Å². The lowest BCUT2D eigenvalue weighted by Crippen LogP contribution is -2.18. The zero-order valence-electron chi connectivity index (χ0n) is 23.4. The van der Waals surface area contributed by atoms with Crippen LogP contribution in [0.25, 0.3) is 0 Å². The van der Waals surface area contributed by atoms with Gasteiger partial charge in [0.05, 0.1) is 0 Å². The first kappa shape index (κ1) is 33.7. The van der Waals surface area contributed by atoms with Gasteiger partial charge in [-0.25, -0.2) is 0 Å². The van der Waals surface area contributed by atoms with Gasteiger partial charge in [-0.3, -0.25) is 9.59 Å². The maximum Gasteiger partial charge on any atom is 0.306 e. The highest BCUT2D eigenvalue weighted by Gasteiger charge is 2.15. The number of unbranched alkanes of at least 4 members (excludes halogenated alkanes) is 16. The van der Waals surface area contributed by atoms with Gasteiger partial charge in [-0.05, 0) is 57.8 Å². The third-order valence-corrected chi connectivity index (χ3v) is 6.74. The Labute approximate surface area is 217 Å². The minimum Gasteiger partial charge on any atom is -0.481 e. The molecule has 1 atom stereocenters. The molecule has 1 N–H and O–H groups in total. The quantitative estimate of drug-likeness (QED) is 0.0701. The van der Waals surface area contributed by atoms with Crippen LogP contribution in [0, 0.1) is 0 Å². The molecule has 0 radical (unpaired) electrons. The Kier molecular flexibility index (Phi) is 26.2. The number of carbonyl (C=O) groups excluding carboxylic acids is 1. The maximum absolute atomic E-state index is 12.3. The van der Waals surface area contributed by atoms with Crippen molar-refractivity contribution in [3.63, 3.8) is 0 Å². The summed E-state index contributed by atoms with van der Waals surface area (Å²) < 4.78 is 5.75. The van der Waals surface area contributed by atoms with Crippen molar-refractivity contribution in [2.45, 2.75) is 174 Å². The topological polar surface area (TPSA) is 63.6 Å². The normalized spacial score (nSPS) is 12.3. The number of aliphatic carboxylic acids is 1. The number of rotatable bonds is 27. The number of hydrogen-bond donors (Lipinski definition) is 1. The van der Waals surface area contributed by atoms with Crippen LogP contribution in [0.15, 0.2) is 12.2 Å². The molecule has 0 saturated carbocycles. The van der Waals surface area contributed by atoms with Gasteiger partial charge in [-0.15, -0.1) is 0 Å². The van der Waals surface area contributed by atoms with E-state index in [0.29, 0.717) is 19.3 Å². The van der Waals surface area contributed by atoms with E-state index in [1.807, 2.05) is 0 Å². The second kappa shape index (κ2) is 27.3. The monoisotopic (exact) mass is 494 g/mol. The average Bonchev–Trinajstić information content (AvgIpc) is 2.83. The van der Waals surface area contributed by atoms with E-state index in [9.17, 15) is 9.59 Å². The van der Waals surface area contributed by atoms with Gasteiger partial charge < -0.3 is 9.84 Å². The van der Waals surface area contributed by atoms with Crippen molar-refractivity contribution in [2.24, 2.45) is 0 Å². The van der Waals surface area contributed by atoms with E-state index in [-0.39, 0.29) is 18.5 Å². The maximum atomic E-state index is 12.3. The van der Waals surface area contributed by atoms with Crippen molar-refractivity contribution in [1.82, 2.24) is 0 Å². The standard InChI is InChI=1S/C31H58O4/c1-3-5-7-9-11-12-13-14-15-16-17-19-21-23-28-31(34)35-29(26-24-27-30(32)33)25-22-20-18-10-8-6-4-2/h12-13,29H,3-11,14-28H2,1-2H3,(H,32,33)/b13-12-. The van der Waals surface area contributed by atoms with Crippen LogP contribution >= 0.6 is 0 Å². The van der Waals surface area contributed by atoms with E-state index < -0.39 is 5.97 Å². The molecule has 0 aromatic carbocycles. The van der Waals surface area contributed by atoms with Gasteiger partial charge in [0.2, 0.25) is 0 Å². The van der Waals surface area contributed by atoms with Gasteiger partial charge in [0.25, 0.3) is 0 Å². The predicted octanol–water partition coefficient (Wildman–Crippen LogP) is 9.94. The van der Waals surface area contributed by atoms with Gasteiger partial charge in [0.1, 0.15) is 6.10 Å². The molecule has 4 heteroatoms. The lowest BCUT2D eigenvalue weighted by molar-refractivity contribution is -0.150. The number of carboxylic acid groups (broad SMARTS) is 1. The van der Waals surface area contributed by atoms with Crippen LogP contribution in [0.1, 0.15) is 168 Å². The van der Waals surface area contributed by atoms with Crippen molar-refractivity contribution in [3.05, 3.63) is 12.2 Å². The molecule has 0 saturated heterocycles. The lowest BCUT2D eigenvalue weighted by atomic mass is 10.0. The van der Waals surface area contributed by atoms with Crippen LogP contribution in [0.3, 0.4) is 0 Å². The number of hydrogen-bond acceptors (Lipinski definition) is 3. The first-order valence-electron chi connectivity index (χ1n) is 15.2. The Morgan fingerprint density at radius 3 is 1.63 bits per heavy atom. The Balaban J connectivity index is 3.82. The molecule has 0 aromatic rings. The molecular weight excluding hydrogens is 436 g/mol. The largest absolute Gasteiger partial charge is 0.481 e. The van der Waals surface area contributed by atoms with Crippen molar-refractivity contribution < 1.29 is 19.4 Å². The van der Waals surface area contributed by atoms with Crippen molar-refractivity contribution in [2.75, 3.05) is 0 Å². The minimum atomic E-state index is -0.774. The van der Waals surface area contributed by atoms with Crippen LogP contribution < -0.4 is 0 Å². The summed E-state index contributed by atoms with van der Waals surface area (Å²) in [4.78, 5) is 23.2. The van der Waals surface area contributed by atoms with Crippen LogP contribution in [0.4, 0.5) is 0 Å². The molecule has 4 nitrogen and oxygen atoms in total. The zero-order valence-corrected chi connectivity index (χ0v) is 23.4. The third-order valence-electron chi connectivity index (χ3n) is 6.74.